The van der Waals surface area contributed by atoms with Crippen molar-refractivity contribution < 1.29 is 13.5 Å². The minimum absolute atomic E-state index is 0.268. The summed E-state index contributed by atoms with van der Waals surface area (Å²) in [5, 5.41) is 3.45. The first-order valence-corrected chi connectivity index (χ1v) is 6.42. The number of benzene rings is 1. The summed E-state index contributed by atoms with van der Waals surface area (Å²) in [4.78, 5) is 0. The molecule has 0 radical (unpaired) electrons. The van der Waals surface area contributed by atoms with E-state index in [0.29, 0.717) is 6.04 Å². The molecule has 0 atom stereocenters. The molecule has 0 saturated heterocycles. The van der Waals surface area contributed by atoms with Crippen molar-refractivity contribution in [2.24, 2.45) is 0 Å². The lowest BCUT2D eigenvalue weighted by atomic mass is 10.1. The van der Waals surface area contributed by atoms with E-state index in [1.807, 2.05) is 24.3 Å². The molecular weight excluding hydrogens is 236 g/mol. The highest BCUT2D eigenvalue weighted by Crippen LogP contribution is 2.18. The van der Waals surface area contributed by atoms with Crippen molar-refractivity contribution in [2.45, 2.75) is 38.3 Å². The molecular formula is C14H19F2NO. The molecule has 1 aliphatic carbocycles. The van der Waals surface area contributed by atoms with E-state index in [-0.39, 0.29) is 6.61 Å². The van der Waals surface area contributed by atoms with Crippen LogP contribution in [0.1, 0.15) is 24.0 Å². The first-order chi connectivity index (χ1) is 8.75. The third-order valence-electron chi connectivity index (χ3n) is 3.02. The molecule has 1 saturated carbocycles. The van der Waals surface area contributed by atoms with Gasteiger partial charge in [0.25, 0.3) is 6.43 Å². The zero-order chi connectivity index (χ0) is 12.8. The van der Waals surface area contributed by atoms with Crippen LogP contribution in [0.15, 0.2) is 24.3 Å². The molecule has 1 aromatic carbocycles. The van der Waals surface area contributed by atoms with Crippen LogP contribution in [0, 0.1) is 0 Å². The standard InChI is InChI=1S/C14H19F2NO/c15-14(16)10-18-9-12-4-2-1-3-11(12)7-8-17-13-5-6-13/h1-4,13-14,17H,5-10H2. The highest BCUT2D eigenvalue weighted by Gasteiger charge is 2.19. The molecule has 0 amide bonds. The van der Waals surface area contributed by atoms with Gasteiger partial charge in [0, 0.05) is 6.04 Å². The fourth-order valence-corrected chi connectivity index (χ4v) is 1.90. The molecule has 1 N–H and O–H groups in total. The molecule has 1 aromatic rings. The molecule has 0 unspecified atom stereocenters. The van der Waals surface area contributed by atoms with E-state index in [2.05, 4.69) is 5.32 Å². The van der Waals surface area contributed by atoms with Crippen LogP contribution in [0.4, 0.5) is 8.78 Å². The van der Waals surface area contributed by atoms with Crippen molar-refractivity contribution in [1.82, 2.24) is 5.32 Å². The number of hydrogen-bond donors (Lipinski definition) is 1. The van der Waals surface area contributed by atoms with Crippen molar-refractivity contribution in [3.05, 3.63) is 35.4 Å². The van der Waals surface area contributed by atoms with Crippen molar-refractivity contribution in [3.8, 4) is 0 Å². The van der Waals surface area contributed by atoms with Crippen LogP contribution in [0.2, 0.25) is 0 Å². The van der Waals surface area contributed by atoms with Crippen LogP contribution in [-0.4, -0.2) is 25.6 Å². The third kappa shape index (κ3) is 4.70. The fraction of sp³-hybridized carbons (Fsp3) is 0.571. The Balaban J connectivity index is 1.79. The molecule has 0 aromatic heterocycles. The summed E-state index contributed by atoms with van der Waals surface area (Å²) in [6.45, 7) is 0.717. The van der Waals surface area contributed by atoms with Gasteiger partial charge in [-0.15, -0.1) is 0 Å². The monoisotopic (exact) mass is 255 g/mol. The van der Waals surface area contributed by atoms with Crippen molar-refractivity contribution in [3.63, 3.8) is 0 Å². The van der Waals surface area contributed by atoms with Gasteiger partial charge in [-0.2, -0.15) is 0 Å². The Kier molecular flexibility index (Phi) is 5.08. The SMILES string of the molecule is FC(F)COCc1ccccc1CCNC1CC1. The van der Waals surface area contributed by atoms with Crippen LogP contribution in [-0.2, 0) is 17.8 Å². The molecule has 2 rings (SSSR count). The van der Waals surface area contributed by atoms with Crippen LogP contribution >= 0.6 is 0 Å². The van der Waals surface area contributed by atoms with Gasteiger partial charge in [0.05, 0.1) is 6.61 Å². The number of hydrogen-bond acceptors (Lipinski definition) is 2. The summed E-state index contributed by atoms with van der Waals surface area (Å²) in [6, 6.07) is 8.57. The van der Waals surface area contributed by atoms with Crippen LogP contribution in [0.25, 0.3) is 0 Å². The highest BCUT2D eigenvalue weighted by atomic mass is 19.3. The van der Waals surface area contributed by atoms with Gasteiger partial charge >= 0.3 is 0 Å². The van der Waals surface area contributed by atoms with Gasteiger partial charge in [-0.05, 0) is 36.9 Å². The Bertz CT molecular complexity index is 340. The van der Waals surface area contributed by atoms with Gasteiger partial charge in [0.15, 0.2) is 0 Å². The second kappa shape index (κ2) is 6.81. The molecule has 0 heterocycles. The first kappa shape index (κ1) is 13.4. The average molecular weight is 255 g/mol. The minimum atomic E-state index is -2.39. The van der Waals surface area contributed by atoms with Crippen molar-refractivity contribution in [1.29, 1.82) is 0 Å². The Morgan fingerprint density at radius 1 is 1.22 bits per heavy atom. The maximum absolute atomic E-state index is 12.0. The molecule has 0 spiro atoms. The summed E-state index contributed by atoms with van der Waals surface area (Å²) < 4.78 is 29.0. The number of ether oxygens (including phenoxy) is 1. The lowest BCUT2D eigenvalue weighted by molar-refractivity contribution is 0.00966. The van der Waals surface area contributed by atoms with Gasteiger partial charge in [-0.1, -0.05) is 24.3 Å². The maximum Gasteiger partial charge on any atom is 0.261 e. The summed E-state index contributed by atoms with van der Waals surface area (Å²) in [7, 11) is 0. The highest BCUT2D eigenvalue weighted by molar-refractivity contribution is 5.26. The first-order valence-electron chi connectivity index (χ1n) is 6.42. The number of nitrogens with one attached hydrogen (secondary N) is 1. The maximum atomic E-state index is 12.0. The van der Waals surface area contributed by atoms with Gasteiger partial charge in [0.2, 0.25) is 0 Å². The second-order valence-corrected chi connectivity index (χ2v) is 4.65. The topological polar surface area (TPSA) is 21.3 Å². The Hall–Kier alpha value is -1.00. The van der Waals surface area contributed by atoms with Crippen LogP contribution in [0.5, 0.6) is 0 Å². The van der Waals surface area contributed by atoms with E-state index < -0.39 is 13.0 Å². The number of halogens is 2. The summed E-state index contributed by atoms with van der Waals surface area (Å²) in [6.07, 6.45) is 1.08. The smallest absolute Gasteiger partial charge is 0.261 e. The lowest BCUT2D eigenvalue weighted by Gasteiger charge is -2.10. The normalized spacial score (nSPS) is 15.3. The molecule has 0 aliphatic heterocycles. The molecule has 4 heteroatoms. The molecule has 2 nitrogen and oxygen atoms in total. The Morgan fingerprint density at radius 3 is 2.61 bits per heavy atom. The zero-order valence-electron chi connectivity index (χ0n) is 10.4. The predicted molar refractivity (Wildman–Crippen MR) is 66.8 cm³/mol. The molecule has 1 fully saturated rings. The van der Waals surface area contributed by atoms with Crippen LogP contribution < -0.4 is 5.32 Å². The van der Waals surface area contributed by atoms with Crippen molar-refractivity contribution >= 4 is 0 Å². The number of rotatable bonds is 8. The Labute approximate surface area is 106 Å². The fourth-order valence-electron chi connectivity index (χ4n) is 1.90. The average Bonchev–Trinajstić information content (AvgIpc) is 3.15. The molecule has 100 valence electrons. The van der Waals surface area contributed by atoms with E-state index in [4.69, 9.17) is 4.74 Å². The van der Waals surface area contributed by atoms with E-state index in [0.717, 1.165) is 18.5 Å². The number of alkyl halides is 2. The summed E-state index contributed by atoms with van der Waals surface area (Å²) in [5.41, 5.74) is 2.19. The van der Waals surface area contributed by atoms with Gasteiger partial charge in [0.1, 0.15) is 6.61 Å². The van der Waals surface area contributed by atoms with Crippen molar-refractivity contribution in [2.75, 3.05) is 13.2 Å². The molecule has 0 bridgehead atoms. The lowest BCUT2D eigenvalue weighted by Crippen LogP contribution is -2.19. The quantitative estimate of drug-likeness (QED) is 0.771. The van der Waals surface area contributed by atoms with E-state index in [1.165, 1.54) is 18.4 Å². The van der Waals surface area contributed by atoms with Gasteiger partial charge in [-0.25, -0.2) is 8.78 Å². The summed E-state index contributed by atoms with van der Waals surface area (Å²) in [5.74, 6) is 0. The van der Waals surface area contributed by atoms with E-state index in [9.17, 15) is 8.78 Å². The molecule has 18 heavy (non-hydrogen) atoms. The van der Waals surface area contributed by atoms with E-state index >= 15 is 0 Å². The van der Waals surface area contributed by atoms with Gasteiger partial charge in [-0.3, -0.25) is 0 Å². The largest absolute Gasteiger partial charge is 0.371 e. The predicted octanol–water partition coefficient (Wildman–Crippen LogP) is 2.76. The zero-order valence-corrected chi connectivity index (χ0v) is 10.4. The Morgan fingerprint density at radius 2 is 1.94 bits per heavy atom. The van der Waals surface area contributed by atoms with Gasteiger partial charge < -0.3 is 10.1 Å². The van der Waals surface area contributed by atoms with E-state index in [1.54, 1.807) is 0 Å². The second-order valence-electron chi connectivity index (χ2n) is 4.65. The molecule has 1 aliphatic rings. The minimum Gasteiger partial charge on any atom is -0.371 e. The van der Waals surface area contributed by atoms with Crippen LogP contribution in [0.3, 0.4) is 0 Å². The third-order valence-corrected chi connectivity index (χ3v) is 3.02. The summed E-state index contributed by atoms with van der Waals surface area (Å²) >= 11 is 0.